The zero-order valence-electron chi connectivity index (χ0n) is 13.0. The third kappa shape index (κ3) is 2.63. The van der Waals surface area contributed by atoms with E-state index in [9.17, 15) is 0 Å². The number of nitrogens with one attached hydrogen (secondary N) is 1. The summed E-state index contributed by atoms with van der Waals surface area (Å²) in [4.78, 5) is 4.31. The molecule has 1 aromatic heterocycles. The quantitative estimate of drug-likeness (QED) is 0.784. The third-order valence-electron chi connectivity index (χ3n) is 4.02. The van der Waals surface area contributed by atoms with Gasteiger partial charge in [-0.3, -0.25) is 0 Å². The number of methoxy groups -OCH3 is 1. The van der Waals surface area contributed by atoms with Gasteiger partial charge in [0.25, 0.3) is 0 Å². The number of benzene rings is 2. The smallest absolute Gasteiger partial charge is 0.226 e. The van der Waals surface area contributed by atoms with Crippen LogP contribution >= 0.6 is 11.6 Å². The van der Waals surface area contributed by atoms with Gasteiger partial charge in [-0.1, -0.05) is 23.7 Å². The van der Waals surface area contributed by atoms with Crippen LogP contribution in [0.15, 0.2) is 60.9 Å². The van der Waals surface area contributed by atoms with E-state index in [1.165, 1.54) is 0 Å². The number of rotatable bonds is 3. The molecule has 1 atom stereocenters. The molecule has 1 aliphatic rings. The van der Waals surface area contributed by atoms with Gasteiger partial charge >= 0.3 is 0 Å². The molecular weight excluding hydrogens is 324 g/mol. The first-order valence-corrected chi connectivity index (χ1v) is 7.90. The van der Waals surface area contributed by atoms with Crippen molar-refractivity contribution >= 4 is 23.2 Å². The van der Waals surface area contributed by atoms with Gasteiger partial charge < -0.3 is 10.1 Å². The molecule has 0 saturated heterocycles. The molecule has 6 heteroatoms. The molecule has 0 amide bonds. The maximum atomic E-state index is 6.01. The third-order valence-corrected chi connectivity index (χ3v) is 4.27. The topological polar surface area (TPSA) is 52.0 Å². The number of halogens is 1. The lowest BCUT2D eigenvalue weighted by Crippen LogP contribution is -2.20. The molecule has 0 radical (unpaired) electrons. The van der Waals surface area contributed by atoms with Gasteiger partial charge in [0.15, 0.2) is 0 Å². The molecule has 3 aromatic rings. The standard InChI is InChI=1S/C18H15ClN4O/c1-24-15-8-4-12(5-9-15)16-10-17(13-2-6-14(19)7-3-13)23-18(22-16)20-11-21-23/h2-11,17H,1H3,(H,20,21,22). The van der Waals surface area contributed by atoms with Gasteiger partial charge in [-0.05, 0) is 53.6 Å². The van der Waals surface area contributed by atoms with E-state index < -0.39 is 0 Å². The Hall–Kier alpha value is -2.79. The number of aromatic nitrogens is 3. The van der Waals surface area contributed by atoms with Crippen LogP contribution in [0.3, 0.4) is 0 Å². The van der Waals surface area contributed by atoms with Gasteiger partial charge in [-0.15, -0.1) is 0 Å². The normalized spacial score (nSPS) is 16.1. The molecule has 120 valence electrons. The van der Waals surface area contributed by atoms with Crippen LogP contribution in [0.5, 0.6) is 5.75 Å². The number of hydrogen-bond acceptors (Lipinski definition) is 4. The van der Waals surface area contributed by atoms with E-state index in [0.29, 0.717) is 11.0 Å². The predicted octanol–water partition coefficient (Wildman–Crippen LogP) is 4.00. The van der Waals surface area contributed by atoms with Crippen LogP contribution in [-0.2, 0) is 0 Å². The predicted molar refractivity (Wildman–Crippen MR) is 94.2 cm³/mol. The fourth-order valence-electron chi connectivity index (χ4n) is 2.77. The average molecular weight is 339 g/mol. The Labute approximate surface area is 144 Å². The molecule has 2 heterocycles. The first-order chi connectivity index (χ1) is 11.7. The largest absolute Gasteiger partial charge is 0.497 e. The van der Waals surface area contributed by atoms with Crippen molar-refractivity contribution in [1.82, 2.24) is 14.8 Å². The Morgan fingerprint density at radius 1 is 1.08 bits per heavy atom. The summed E-state index contributed by atoms with van der Waals surface area (Å²) in [6.45, 7) is 0. The summed E-state index contributed by atoms with van der Waals surface area (Å²) in [6.07, 6.45) is 3.68. The summed E-state index contributed by atoms with van der Waals surface area (Å²) < 4.78 is 7.08. The zero-order valence-corrected chi connectivity index (χ0v) is 13.7. The maximum Gasteiger partial charge on any atom is 0.226 e. The molecule has 4 rings (SSSR count). The van der Waals surface area contributed by atoms with E-state index in [1.807, 2.05) is 53.2 Å². The second-order valence-electron chi connectivity index (χ2n) is 5.46. The molecule has 1 unspecified atom stereocenters. The van der Waals surface area contributed by atoms with Crippen LogP contribution in [0, 0.1) is 0 Å². The van der Waals surface area contributed by atoms with Crippen molar-refractivity contribution in [2.24, 2.45) is 0 Å². The van der Waals surface area contributed by atoms with Crippen LogP contribution in [0.4, 0.5) is 5.95 Å². The maximum absolute atomic E-state index is 6.01. The molecular formula is C18H15ClN4O. The number of allylic oxidation sites excluding steroid dienone is 1. The highest BCUT2D eigenvalue weighted by molar-refractivity contribution is 6.30. The highest BCUT2D eigenvalue weighted by Crippen LogP contribution is 2.32. The number of ether oxygens (including phenoxy) is 1. The molecule has 0 fully saturated rings. The second kappa shape index (κ2) is 6.02. The van der Waals surface area contributed by atoms with Crippen LogP contribution in [0.2, 0.25) is 5.02 Å². The Kier molecular flexibility index (Phi) is 3.70. The summed E-state index contributed by atoms with van der Waals surface area (Å²) in [5, 5.41) is 8.38. The lowest BCUT2D eigenvalue weighted by molar-refractivity contribution is 0.415. The van der Waals surface area contributed by atoms with Crippen LogP contribution in [0.25, 0.3) is 5.70 Å². The fourth-order valence-corrected chi connectivity index (χ4v) is 2.90. The number of nitrogens with zero attached hydrogens (tertiary/aromatic N) is 3. The molecule has 0 aliphatic carbocycles. The minimum absolute atomic E-state index is 0.0434. The van der Waals surface area contributed by atoms with E-state index in [0.717, 1.165) is 22.6 Å². The molecule has 0 spiro atoms. The van der Waals surface area contributed by atoms with Crippen LogP contribution in [-0.4, -0.2) is 21.9 Å². The van der Waals surface area contributed by atoms with E-state index in [1.54, 1.807) is 13.4 Å². The van der Waals surface area contributed by atoms with Gasteiger partial charge in [0.05, 0.1) is 7.11 Å². The zero-order chi connectivity index (χ0) is 16.5. The van der Waals surface area contributed by atoms with Crippen molar-refractivity contribution in [3.05, 3.63) is 77.1 Å². The van der Waals surface area contributed by atoms with Gasteiger partial charge in [-0.2, -0.15) is 10.1 Å². The van der Waals surface area contributed by atoms with E-state index in [-0.39, 0.29) is 6.04 Å². The van der Waals surface area contributed by atoms with E-state index >= 15 is 0 Å². The van der Waals surface area contributed by atoms with Crippen molar-refractivity contribution in [3.63, 3.8) is 0 Å². The SMILES string of the molecule is COc1ccc(C2=CC(c3ccc(Cl)cc3)n3ncnc3N2)cc1. The highest BCUT2D eigenvalue weighted by Gasteiger charge is 2.23. The number of anilines is 1. The molecule has 5 nitrogen and oxygen atoms in total. The molecule has 0 saturated carbocycles. The molecule has 1 aliphatic heterocycles. The lowest BCUT2D eigenvalue weighted by Gasteiger charge is -2.24. The first-order valence-electron chi connectivity index (χ1n) is 7.53. The van der Waals surface area contributed by atoms with Gasteiger partial charge in [0.2, 0.25) is 5.95 Å². The van der Waals surface area contributed by atoms with Crippen LogP contribution < -0.4 is 10.1 Å². The average Bonchev–Trinajstić information content (AvgIpc) is 3.10. The van der Waals surface area contributed by atoms with Gasteiger partial charge in [0, 0.05) is 10.7 Å². The minimum atomic E-state index is -0.0434. The van der Waals surface area contributed by atoms with Crippen molar-refractivity contribution in [3.8, 4) is 5.75 Å². The summed E-state index contributed by atoms with van der Waals surface area (Å²) in [5.74, 6) is 1.54. The van der Waals surface area contributed by atoms with Crippen molar-refractivity contribution < 1.29 is 4.74 Å². The summed E-state index contributed by atoms with van der Waals surface area (Å²) >= 11 is 6.01. The van der Waals surface area contributed by atoms with Gasteiger partial charge in [0.1, 0.15) is 18.1 Å². The van der Waals surface area contributed by atoms with E-state index in [2.05, 4.69) is 21.5 Å². The monoisotopic (exact) mass is 338 g/mol. The minimum Gasteiger partial charge on any atom is -0.497 e. The highest BCUT2D eigenvalue weighted by atomic mass is 35.5. The Balaban J connectivity index is 1.76. The second-order valence-corrected chi connectivity index (χ2v) is 5.89. The van der Waals surface area contributed by atoms with Crippen molar-refractivity contribution in [1.29, 1.82) is 0 Å². The Morgan fingerprint density at radius 3 is 2.54 bits per heavy atom. The Morgan fingerprint density at radius 2 is 1.83 bits per heavy atom. The van der Waals surface area contributed by atoms with E-state index in [4.69, 9.17) is 16.3 Å². The molecule has 1 N–H and O–H groups in total. The molecule has 24 heavy (non-hydrogen) atoms. The van der Waals surface area contributed by atoms with Gasteiger partial charge in [-0.25, -0.2) is 4.68 Å². The first kappa shape index (κ1) is 14.8. The summed E-state index contributed by atoms with van der Waals surface area (Å²) in [7, 11) is 1.66. The number of hydrogen-bond donors (Lipinski definition) is 1. The number of fused-ring (bicyclic) bond motifs is 1. The lowest BCUT2D eigenvalue weighted by atomic mass is 10.0. The van der Waals surface area contributed by atoms with Crippen LogP contribution in [0.1, 0.15) is 17.2 Å². The molecule has 0 bridgehead atoms. The van der Waals surface area contributed by atoms with Crippen molar-refractivity contribution in [2.45, 2.75) is 6.04 Å². The fraction of sp³-hybridized carbons (Fsp3) is 0.111. The summed E-state index contributed by atoms with van der Waals surface area (Å²) in [5.41, 5.74) is 3.14. The van der Waals surface area contributed by atoms with Crippen molar-refractivity contribution in [2.75, 3.05) is 12.4 Å². The Bertz CT molecular complexity index is 884. The molecule has 2 aromatic carbocycles. The summed E-state index contributed by atoms with van der Waals surface area (Å²) in [6, 6.07) is 15.6.